The Morgan fingerprint density at radius 3 is 2.50 bits per heavy atom. The topological polar surface area (TPSA) is 47.2 Å². The minimum Gasteiger partial charge on any atom is -1.00 e. The van der Waals surface area contributed by atoms with Crippen molar-refractivity contribution in [2.75, 3.05) is 6.61 Å². The molecule has 2 aromatic rings. The van der Waals surface area contributed by atoms with E-state index in [0.29, 0.717) is 12.2 Å². The van der Waals surface area contributed by atoms with Gasteiger partial charge < -0.3 is 21.7 Å². The summed E-state index contributed by atoms with van der Waals surface area (Å²) in [5, 5.41) is 1.88. The van der Waals surface area contributed by atoms with Crippen LogP contribution in [-0.4, -0.2) is 18.4 Å². The van der Waals surface area contributed by atoms with Gasteiger partial charge in [-0.25, -0.2) is 4.79 Å². The molecule has 106 valence electrons. The Morgan fingerprint density at radius 2 is 1.95 bits per heavy atom. The number of nitrogens with zero attached hydrogens (tertiary/aromatic N) is 1. The van der Waals surface area contributed by atoms with E-state index in [1.54, 1.807) is 42.1 Å². The van der Waals surface area contributed by atoms with Crippen molar-refractivity contribution >= 4 is 23.1 Å². The van der Waals surface area contributed by atoms with Gasteiger partial charge in [-0.1, -0.05) is 6.07 Å². The number of Topliss-reactive ketones (excluding diaryl/α,β-unsaturated/α-hetero) is 1. The van der Waals surface area contributed by atoms with E-state index in [9.17, 15) is 9.59 Å². The van der Waals surface area contributed by atoms with Crippen LogP contribution in [0.2, 0.25) is 0 Å². The van der Waals surface area contributed by atoms with Crippen molar-refractivity contribution in [3.8, 4) is 0 Å². The summed E-state index contributed by atoms with van der Waals surface area (Å²) in [5.41, 5.74) is 0.488. The third-order valence-electron chi connectivity index (χ3n) is 2.52. The number of aromatic nitrogens is 1. The first-order valence-corrected chi connectivity index (χ1v) is 6.81. The van der Waals surface area contributed by atoms with Crippen molar-refractivity contribution in [3.05, 3.63) is 52.5 Å². The number of halogens is 1. The lowest BCUT2D eigenvalue weighted by atomic mass is 10.2. The molecule has 0 fully saturated rings. The summed E-state index contributed by atoms with van der Waals surface area (Å²) in [6.45, 7) is 2.38. The molecular formula is C14H14BrNO3S. The minimum absolute atomic E-state index is 0. The minimum atomic E-state index is -0.348. The smallest absolute Gasteiger partial charge is 0.338 e. The molecule has 0 saturated heterocycles. The molecule has 0 unspecified atom stereocenters. The van der Waals surface area contributed by atoms with E-state index in [1.165, 1.54) is 11.3 Å². The number of rotatable bonds is 5. The lowest BCUT2D eigenvalue weighted by Crippen LogP contribution is -3.00. The summed E-state index contributed by atoms with van der Waals surface area (Å²) < 4.78 is 6.64. The maximum atomic E-state index is 11.9. The number of thiophene rings is 1. The van der Waals surface area contributed by atoms with Crippen LogP contribution in [0.1, 0.15) is 27.0 Å². The van der Waals surface area contributed by atoms with Gasteiger partial charge in [0.25, 0.3) is 0 Å². The summed E-state index contributed by atoms with van der Waals surface area (Å²) in [6.07, 6.45) is 3.41. The van der Waals surface area contributed by atoms with Crippen LogP contribution >= 0.6 is 11.3 Å². The van der Waals surface area contributed by atoms with E-state index in [2.05, 4.69) is 0 Å². The normalized spacial score (nSPS) is 9.65. The van der Waals surface area contributed by atoms with Crippen LogP contribution < -0.4 is 21.5 Å². The van der Waals surface area contributed by atoms with Crippen molar-refractivity contribution in [3.63, 3.8) is 0 Å². The zero-order valence-electron chi connectivity index (χ0n) is 10.9. The average Bonchev–Trinajstić information content (AvgIpc) is 2.94. The largest absolute Gasteiger partial charge is 1.00 e. The molecule has 0 aromatic carbocycles. The number of carbonyl (C=O) groups excluding carboxylic acids is 2. The van der Waals surface area contributed by atoms with Crippen molar-refractivity contribution in [1.82, 2.24) is 0 Å². The zero-order chi connectivity index (χ0) is 13.7. The Balaban J connectivity index is 0.00000200. The highest BCUT2D eigenvalue weighted by Gasteiger charge is 2.14. The third kappa shape index (κ3) is 4.25. The Morgan fingerprint density at radius 1 is 1.25 bits per heavy atom. The van der Waals surface area contributed by atoms with Crippen molar-refractivity contribution in [2.24, 2.45) is 0 Å². The summed E-state index contributed by atoms with van der Waals surface area (Å²) in [5.74, 6) is -0.289. The summed E-state index contributed by atoms with van der Waals surface area (Å²) in [4.78, 5) is 24.1. The molecule has 4 nitrogen and oxygen atoms in total. The van der Waals surface area contributed by atoms with Gasteiger partial charge in [0.05, 0.1) is 17.0 Å². The van der Waals surface area contributed by atoms with Gasteiger partial charge in [-0.05, 0) is 18.4 Å². The molecule has 0 aliphatic rings. The number of pyridine rings is 1. The van der Waals surface area contributed by atoms with Crippen LogP contribution in [-0.2, 0) is 11.3 Å². The molecule has 0 spiro atoms. The Kier molecular flexibility index (Phi) is 6.54. The molecule has 6 heteroatoms. The Labute approximate surface area is 131 Å². The molecule has 0 aliphatic heterocycles. The van der Waals surface area contributed by atoms with Crippen LogP contribution in [0, 0.1) is 0 Å². The Bertz CT molecular complexity index is 567. The zero-order valence-corrected chi connectivity index (χ0v) is 13.3. The SMILES string of the molecule is CCOC(=O)c1cc[n+](CC(=O)c2cccs2)cc1.[Br-]. The molecule has 2 aromatic heterocycles. The fourth-order valence-electron chi connectivity index (χ4n) is 1.59. The van der Waals surface area contributed by atoms with E-state index >= 15 is 0 Å². The van der Waals surface area contributed by atoms with Gasteiger partial charge in [-0.3, -0.25) is 4.79 Å². The molecule has 0 N–H and O–H groups in total. The lowest BCUT2D eigenvalue weighted by molar-refractivity contribution is -0.683. The first-order chi connectivity index (χ1) is 9.20. The number of esters is 1. The number of hydrogen-bond acceptors (Lipinski definition) is 4. The van der Waals surface area contributed by atoms with Gasteiger partial charge in [0.15, 0.2) is 12.4 Å². The first-order valence-electron chi connectivity index (χ1n) is 5.93. The quantitative estimate of drug-likeness (QED) is 0.396. The molecular weight excluding hydrogens is 342 g/mol. The highest BCUT2D eigenvalue weighted by atomic mass is 79.9. The van der Waals surface area contributed by atoms with E-state index < -0.39 is 0 Å². The van der Waals surface area contributed by atoms with E-state index in [1.807, 2.05) is 11.4 Å². The summed E-state index contributed by atoms with van der Waals surface area (Å²) >= 11 is 1.43. The standard InChI is InChI=1S/C14H14NO3S.BrH/c1-2-18-14(17)11-5-7-15(8-6-11)10-12(16)13-4-3-9-19-13;/h3-9H,2,10H2,1H3;1H/q+1;/p-1. The molecule has 0 radical (unpaired) electrons. The fourth-order valence-corrected chi connectivity index (χ4v) is 2.25. The van der Waals surface area contributed by atoms with Gasteiger partial charge >= 0.3 is 5.97 Å². The number of ether oxygens (including phenoxy) is 1. The highest BCUT2D eigenvalue weighted by Crippen LogP contribution is 2.09. The van der Waals surface area contributed by atoms with Gasteiger partial charge in [0.2, 0.25) is 12.3 Å². The maximum absolute atomic E-state index is 11.9. The van der Waals surface area contributed by atoms with Crippen LogP contribution in [0.3, 0.4) is 0 Å². The molecule has 2 heterocycles. The fraction of sp³-hybridized carbons (Fsp3) is 0.214. The van der Waals surface area contributed by atoms with Gasteiger partial charge in [0, 0.05) is 12.1 Å². The first kappa shape index (κ1) is 16.5. The van der Waals surface area contributed by atoms with Crippen molar-refractivity contribution in [2.45, 2.75) is 13.5 Å². The number of hydrogen-bond donors (Lipinski definition) is 0. The third-order valence-corrected chi connectivity index (χ3v) is 3.44. The monoisotopic (exact) mass is 355 g/mol. The molecule has 0 saturated carbocycles. The molecule has 0 atom stereocenters. The van der Waals surface area contributed by atoms with Crippen LogP contribution in [0.4, 0.5) is 0 Å². The molecule has 2 rings (SSSR count). The maximum Gasteiger partial charge on any atom is 0.338 e. The number of carbonyl (C=O) groups is 2. The van der Waals surface area contributed by atoms with E-state index in [-0.39, 0.29) is 35.3 Å². The van der Waals surface area contributed by atoms with Crippen LogP contribution in [0.25, 0.3) is 0 Å². The van der Waals surface area contributed by atoms with Gasteiger partial charge in [-0.15, -0.1) is 11.3 Å². The number of ketones is 1. The molecule has 0 aliphatic carbocycles. The van der Waals surface area contributed by atoms with Crippen molar-refractivity contribution < 1.29 is 35.9 Å². The molecule has 0 bridgehead atoms. The summed E-state index contributed by atoms with van der Waals surface area (Å²) in [6, 6.07) is 6.96. The second-order valence-corrected chi connectivity index (χ2v) is 4.83. The van der Waals surface area contributed by atoms with Crippen LogP contribution in [0.15, 0.2) is 42.0 Å². The molecule has 0 amide bonds. The lowest BCUT2D eigenvalue weighted by Gasteiger charge is -2.00. The predicted octanol–water partition coefficient (Wildman–Crippen LogP) is -0.901. The van der Waals surface area contributed by atoms with Gasteiger partial charge in [-0.2, -0.15) is 4.57 Å². The molecule has 20 heavy (non-hydrogen) atoms. The second-order valence-electron chi connectivity index (χ2n) is 3.88. The van der Waals surface area contributed by atoms with E-state index in [4.69, 9.17) is 4.74 Å². The summed E-state index contributed by atoms with van der Waals surface area (Å²) in [7, 11) is 0. The second kappa shape index (κ2) is 7.91. The van der Waals surface area contributed by atoms with Crippen LogP contribution in [0.5, 0.6) is 0 Å². The predicted molar refractivity (Wildman–Crippen MR) is 71.2 cm³/mol. The van der Waals surface area contributed by atoms with Gasteiger partial charge in [0.1, 0.15) is 0 Å². The van der Waals surface area contributed by atoms with E-state index in [0.717, 1.165) is 4.88 Å². The average molecular weight is 356 g/mol. The van der Waals surface area contributed by atoms with Crippen molar-refractivity contribution in [1.29, 1.82) is 0 Å². The Hall–Kier alpha value is -1.53. The highest BCUT2D eigenvalue weighted by molar-refractivity contribution is 7.12.